The summed E-state index contributed by atoms with van der Waals surface area (Å²) < 4.78 is 16.7. The average Bonchev–Trinajstić information content (AvgIpc) is 2.89. The minimum atomic E-state index is -0.193. The zero-order chi connectivity index (χ0) is 23.0. The SMILES string of the molecule is COc1ccc(COC[C@@H]2CC=C[C@H](c3ccc(OC)cc3)[C@H]2C(=O)c2ccccc2)cc1. The lowest BCUT2D eigenvalue weighted by atomic mass is 9.70. The van der Waals surface area contributed by atoms with Crippen LogP contribution in [0.25, 0.3) is 0 Å². The number of ketones is 1. The lowest BCUT2D eigenvalue weighted by Crippen LogP contribution is -2.34. The number of Topliss-reactive ketones (excluding diaryl/α,β-unsaturated/α-hetero) is 1. The lowest BCUT2D eigenvalue weighted by Gasteiger charge is -2.34. The van der Waals surface area contributed by atoms with Crippen molar-refractivity contribution in [3.05, 3.63) is 108 Å². The molecule has 0 spiro atoms. The molecule has 3 aromatic rings. The van der Waals surface area contributed by atoms with Gasteiger partial charge in [0.1, 0.15) is 11.5 Å². The first-order valence-corrected chi connectivity index (χ1v) is 11.3. The van der Waals surface area contributed by atoms with E-state index < -0.39 is 0 Å². The van der Waals surface area contributed by atoms with Gasteiger partial charge in [0.15, 0.2) is 5.78 Å². The van der Waals surface area contributed by atoms with E-state index in [9.17, 15) is 4.79 Å². The zero-order valence-corrected chi connectivity index (χ0v) is 19.1. The molecule has 0 aromatic heterocycles. The van der Waals surface area contributed by atoms with E-state index in [4.69, 9.17) is 14.2 Å². The first kappa shape index (κ1) is 22.8. The number of ether oxygens (including phenoxy) is 3. The Labute approximate surface area is 195 Å². The summed E-state index contributed by atoms with van der Waals surface area (Å²) in [6, 6.07) is 25.5. The third-order valence-electron chi connectivity index (χ3n) is 6.30. The minimum Gasteiger partial charge on any atom is -0.497 e. The summed E-state index contributed by atoms with van der Waals surface area (Å²) in [5.74, 6) is 1.69. The van der Waals surface area contributed by atoms with Gasteiger partial charge < -0.3 is 14.2 Å². The molecule has 0 unspecified atom stereocenters. The zero-order valence-electron chi connectivity index (χ0n) is 19.1. The standard InChI is InChI=1S/C29H30O4/c1-31-25-15-11-21(12-16-25)19-33-20-24-9-6-10-27(22-13-17-26(32-2)18-14-22)28(24)29(30)23-7-4-3-5-8-23/h3-8,10-18,24,27-28H,9,19-20H2,1-2H3/t24-,27+,28-/m0/s1. The molecular weight excluding hydrogens is 412 g/mol. The fraction of sp³-hybridized carbons (Fsp3) is 0.276. The summed E-state index contributed by atoms with van der Waals surface area (Å²) in [6.07, 6.45) is 5.18. The van der Waals surface area contributed by atoms with Gasteiger partial charge in [-0.2, -0.15) is 0 Å². The van der Waals surface area contributed by atoms with Gasteiger partial charge in [-0.1, -0.05) is 66.7 Å². The Morgan fingerprint density at radius 2 is 1.48 bits per heavy atom. The van der Waals surface area contributed by atoms with Gasteiger partial charge in [-0.15, -0.1) is 0 Å². The summed E-state index contributed by atoms with van der Waals surface area (Å²) >= 11 is 0. The monoisotopic (exact) mass is 442 g/mol. The van der Waals surface area contributed by atoms with E-state index in [1.165, 1.54) is 0 Å². The molecule has 4 nitrogen and oxygen atoms in total. The molecule has 0 saturated heterocycles. The van der Waals surface area contributed by atoms with Crippen molar-refractivity contribution in [1.29, 1.82) is 0 Å². The number of methoxy groups -OCH3 is 2. The van der Waals surface area contributed by atoms with Crippen molar-refractivity contribution < 1.29 is 19.0 Å². The Morgan fingerprint density at radius 3 is 2.12 bits per heavy atom. The van der Waals surface area contributed by atoms with E-state index in [1.54, 1.807) is 14.2 Å². The quantitative estimate of drug-likeness (QED) is 0.298. The molecule has 4 rings (SSSR count). The van der Waals surface area contributed by atoms with Crippen LogP contribution >= 0.6 is 0 Å². The van der Waals surface area contributed by atoms with Crippen LogP contribution in [0.2, 0.25) is 0 Å². The molecule has 33 heavy (non-hydrogen) atoms. The maximum Gasteiger partial charge on any atom is 0.167 e. The predicted molar refractivity (Wildman–Crippen MR) is 130 cm³/mol. The molecule has 0 saturated carbocycles. The molecule has 4 heteroatoms. The number of benzene rings is 3. The molecule has 170 valence electrons. The van der Waals surface area contributed by atoms with E-state index in [0.717, 1.165) is 34.6 Å². The van der Waals surface area contributed by atoms with E-state index in [1.807, 2.05) is 66.7 Å². The molecule has 0 fully saturated rings. The molecule has 3 atom stereocenters. The van der Waals surface area contributed by atoms with Crippen LogP contribution in [0.15, 0.2) is 91.0 Å². The average molecular weight is 443 g/mol. The summed E-state index contributed by atoms with van der Waals surface area (Å²) in [5.41, 5.74) is 2.94. The first-order valence-electron chi connectivity index (χ1n) is 11.3. The van der Waals surface area contributed by atoms with Crippen molar-refractivity contribution >= 4 is 5.78 Å². The fourth-order valence-electron chi connectivity index (χ4n) is 4.50. The van der Waals surface area contributed by atoms with Crippen molar-refractivity contribution in [1.82, 2.24) is 0 Å². The van der Waals surface area contributed by atoms with Crippen molar-refractivity contribution in [3.8, 4) is 11.5 Å². The van der Waals surface area contributed by atoms with Gasteiger partial charge in [-0.25, -0.2) is 0 Å². The Kier molecular flexibility index (Phi) is 7.59. The summed E-state index contributed by atoms with van der Waals surface area (Å²) in [4.78, 5) is 13.7. The molecule has 0 amide bonds. The molecular formula is C29H30O4. The predicted octanol–water partition coefficient (Wildman–Crippen LogP) is 6.08. The third kappa shape index (κ3) is 5.52. The molecule has 3 aromatic carbocycles. The fourth-order valence-corrected chi connectivity index (χ4v) is 4.50. The van der Waals surface area contributed by atoms with Gasteiger partial charge in [0.2, 0.25) is 0 Å². The second-order valence-corrected chi connectivity index (χ2v) is 8.34. The number of allylic oxidation sites excluding steroid dienone is 2. The minimum absolute atomic E-state index is 0.00745. The maximum atomic E-state index is 13.7. The highest BCUT2D eigenvalue weighted by atomic mass is 16.5. The maximum absolute atomic E-state index is 13.7. The van der Waals surface area contributed by atoms with Crippen LogP contribution in [0.4, 0.5) is 0 Å². The molecule has 0 heterocycles. The largest absolute Gasteiger partial charge is 0.497 e. The van der Waals surface area contributed by atoms with E-state index in [-0.39, 0.29) is 23.5 Å². The summed E-state index contributed by atoms with van der Waals surface area (Å²) in [7, 11) is 3.32. The summed E-state index contributed by atoms with van der Waals surface area (Å²) in [6.45, 7) is 1.02. The highest BCUT2D eigenvalue weighted by Crippen LogP contribution is 2.40. The normalized spacial score (nSPS) is 19.8. The van der Waals surface area contributed by atoms with Gasteiger partial charge in [0.05, 0.1) is 27.4 Å². The van der Waals surface area contributed by atoms with Gasteiger partial charge in [-0.3, -0.25) is 4.79 Å². The Morgan fingerprint density at radius 1 is 0.848 bits per heavy atom. The van der Waals surface area contributed by atoms with Crippen molar-refractivity contribution in [3.63, 3.8) is 0 Å². The van der Waals surface area contributed by atoms with Gasteiger partial charge in [0, 0.05) is 17.4 Å². The molecule has 1 aliphatic carbocycles. The number of carbonyl (C=O) groups excluding carboxylic acids is 1. The molecule has 0 aliphatic heterocycles. The Bertz CT molecular complexity index is 1060. The van der Waals surface area contributed by atoms with Crippen LogP contribution in [0.3, 0.4) is 0 Å². The summed E-state index contributed by atoms with van der Waals surface area (Å²) in [5, 5.41) is 0. The number of hydrogen-bond donors (Lipinski definition) is 0. The van der Waals surface area contributed by atoms with Gasteiger partial charge in [-0.05, 0) is 47.7 Å². The molecule has 0 N–H and O–H groups in total. The Hall–Kier alpha value is -3.37. The lowest BCUT2D eigenvalue weighted by molar-refractivity contribution is 0.0521. The second kappa shape index (κ2) is 11.0. The number of rotatable bonds is 9. The van der Waals surface area contributed by atoms with E-state index >= 15 is 0 Å². The van der Waals surface area contributed by atoms with E-state index in [2.05, 4.69) is 24.3 Å². The molecule has 0 bridgehead atoms. The van der Waals surface area contributed by atoms with Crippen molar-refractivity contribution in [2.75, 3.05) is 20.8 Å². The molecule has 0 radical (unpaired) electrons. The second-order valence-electron chi connectivity index (χ2n) is 8.34. The smallest absolute Gasteiger partial charge is 0.167 e. The molecule has 1 aliphatic rings. The highest BCUT2D eigenvalue weighted by molar-refractivity contribution is 5.99. The Balaban J connectivity index is 1.54. The van der Waals surface area contributed by atoms with Crippen LogP contribution in [0.1, 0.15) is 33.8 Å². The number of carbonyl (C=O) groups is 1. The van der Waals surface area contributed by atoms with Crippen LogP contribution in [-0.4, -0.2) is 26.6 Å². The van der Waals surface area contributed by atoms with Crippen LogP contribution in [-0.2, 0) is 11.3 Å². The number of hydrogen-bond acceptors (Lipinski definition) is 4. The highest BCUT2D eigenvalue weighted by Gasteiger charge is 2.37. The van der Waals surface area contributed by atoms with Crippen LogP contribution in [0, 0.1) is 11.8 Å². The van der Waals surface area contributed by atoms with Gasteiger partial charge in [0.25, 0.3) is 0 Å². The first-order chi connectivity index (χ1) is 16.2. The van der Waals surface area contributed by atoms with E-state index in [0.29, 0.717) is 13.2 Å². The topological polar surface area (TPSA) is 44.8 Å². The van der Waals surface area contributed by atoms with Crippen molar-refractivity contribution in [2.24, 2.45) is 11.8 Å². The third-order valence-corrected chi connectivity index (χ3v) is 6.30. The van der Waals surface area contributed by atoms with Gasteiger partial charge >= 0.3 is 0 Å². The van der Waals surface area contributed by atoms with Crippen LogP contribution < -0.4 is 9.47 Å². The van der Waals surface area contributed by atoms with Crippen molar-refractivity contribution in [2.45, 2.75) is 18.9 Å². The van der Waals surface area contributed by atoms with Crippen LogP contribution in [0.5, 0.6) is 11.5 Å².